The topological polar surface area (TPSA) is 29.5 Å². The molecule has 0 unspecified atom stereocenters. The van der Waals surface area contributed by atoms with Gasteiger partial charge in [-0.05, 0) is 42.8 Å². The van der Waals surface area contributed by atoms with Crippen molar-refractivity contribution >= 4 is 17.5 Å². The van der Waals surface area contributed by atoms with Gasteiger partial charge in [0.2, 0.25) is 0 Å². The normalized spacial score (nSPS) is 14.0. The van der Waals surface area contributed by atoms with E-state index in [0.29, 0.717) is 30.3 Å². The van der Waals surface area contributed by atoms with E-state index < -0.39 is 5.82 Å². The Labute approximate surface area is 133 Å². The molecule has 0 bridgehead atoms. The average molecular weight is 320 g/mol. The molecule has 22 heavy (non-hydrogen) atoms. The SMILES string of the molecule is Cc1ccc(F)cc1C(=O)N1CCOc2ccc(Cl)cc2C1. The second-order valence-corrected chi connectivity index (χ2v) is 5.72. The minimum Gasteiger partial charge on any atom is -0.491 e. The average Bonchev–Trinajstić information content (AvgIpc) is 2.70. The first-order valence-corrected chi connectivity index (χ1v) is 7.39. The van der Waals surface area contributed by atoms with Gasteiger partial charge in [-0.15, -0.1) is 0 Å². The number of amides is 1. The molecule has 114 valence electrons. The van der Waals surface area contributed by atoms with Crippen LogP contribution in [0.3, 0.4) is 0 Å². The maximum Gasteiger partial charge on any atom is 0.254 e. The van der Waals surface area contributed by atoms with Crippen molar-refractivity contribution in [3.05, 3.63) is 63.9 Å². The second kappa shape index (κ2) is 5.97. The Hall–Kier alpha value is -2.07. The largest absolute Gasteiger partial charge is 0.491 e. The van der Waals surface area contributed by atoms with E-state index in [2.05, 4.69) is 0 Å². The van der Waals surface area contributed by atoms with Gasteiger partial charge >= 0.3 is 0 Å². The van der Waals surface area contributed by atoms with Crippen molar-refractivity contribution in [3.8, 4) is 5.75 Å². The van der Waals surface area contributed by atoms with Crippen LogP contribution in [0.2, 0.25) is 5.02 Å². The number of carbonyl (C=O) groups is 1. The van der Waals surface area contributed by atoms with Crippen molar-refractivity contribution in [3.63, 3.8) is 0 Å². The predicted octanol–water partition coefficient (Wildman–Crippen LogP) is 3.82. The molecule has 2 aromatic rings. The molecule has 0 aromatic heterocycles. The molecule has 0 N–H and O–H groups in total. The Balaban J connectivity index is 1.91. The number of hydrogen-bond acceptors (Lipinski definition) is 2. The molecule has 5 heteroatoms. The van der Waals surface area contributed by atoms with Crippen LogP contribution in [0.15, 0.2) is 36.4 Å². The zero-order valence-electron chi connectivity index (χ0n) is 12.1. The number of halogens is 2. The highest BCUT2D eigenvalue weighted by Gasteiger charge is 2.22. The van der Waals surface area contributed by atoms with Crippen molar-refractivity contribution in [2.45, 2.75) is 13.5 Å². The number of nitrogens with zero attached hydrogens (tertiary/aromatic N) is 1. The van der Waals surface area contributed by atoms with Gasteiger partial charge in [-0.1, -0.05) is 17.7 Å². The minimum atomic E-state index is -0.413. The van der Waals surface area contributed by atoms with Crippen molar-refractivity contribution in [1.29, 1.82) is 0 Å². The van der Waals surface area contributed by atoms with Crippen molar-refractivity contribution in [2.75, 3.05) is 13.2 Å². The third-order valence-corrected chi connectivity index (χ3v) is 3.95. The lowest BCUT2D eigenvalue weighted by molar-refractivity contribution is 0.0732. The van der Waals surface area contributed by atoms with Crippen LogP contribution >= 0.6 is 11.6 Å². The van der Waals surface area contributed by atoms with E-state index in [9.17, 15) is 9.18 Å². The molecule has 0 saturated heterocycles. The van der Waals surface area contributed by atoms with Crippen LogP contribution in [0, 0.1) is 12.7 Å². The Kier molecular flexibility index (Phi) is 4.03. The minimum absolute atomic E-state index is 0.201. The number of benzene rings is 2. The highest BCUT2D eigenvalue weighted by atomic mass is 35.5. The molecule has 1 aliphatic heterocycles. The van der Waals surface area contributed by atoms with Crippen LogP contribution in [0.4, 0.5) is 4.39 Å². The first-order chi connectivity index (χ1) is 10.5. The van der Waals surface area contributed by atoms with E-state index in [0.717, 1.165) is 16.9 Å². The number of carbonyl (C=O) groups excluding carboxylic acids is 1. The Morgan fingerprint density at radius 2 is 2.09 bits per heavy atom. The molecular weight excluding hydrogens is 305 g/mol. The van der Waals surface area contributed by atoms with Crippen LogP contribution in [0.25, 0.3) is 0 Å². The molecule has 3 rings (SSSR count). The fourth-order valence-corrected chi connectivity index (χ4v) is 2.73. The predicted molar refractivity (Wildman–Crippen MR) is 82.8 cm³/mol. The lowest BCUT2D eigenvalue weighted by Gasteiger charge is -2.21. The second-order valence-electron chi connectivity index (χ2n) is 5.29. The summed E-state index contributed by atoms with van der Waals surface area (Å²) in [4.78, 5) is 14.3. The van der Waals surface area contributed by atoms with E-state index in [-0.39, 0.29) is 5.91 Å². The van der Waals surface area contributed by atoms with E-state index in [1.165, 1.54) is 12.1 Å². The third-order valence-electron chi connectivity index (χ3n) is 3.72. The summed E-state index contributed by atoms with van der Waals surface area (Å²) in [7, 11) is 0. The molecule has 2 aromatic carbocycles. The molecule has 0 saturated carbocycles. The molecular formula is C17H15ClFNO2. The number of aryl methyl sites for hydroxylation is 1. The van der Waals surface area contributed by atoms with E-state index in [1.807, 2.05) is 0 Å². The maximum atomic E-state index is 13.4. The van der Waals surface area contributed by atoms with Crippen molar-refractivity contribution < 1.29 is 13.9 Å². The van der Waals surface area contributed by atoms with Crippen molar-refractivity contribution in [2.24, 2.45) is 0 Å². The first kappa shape index (κ1) is 14.9. The highest BCUT2D eigenvalue weighted by Crippen LogP contribution is 2.27. The van der Waals surface area contributed by atoms with Gasteiger partial charge in [-0.3, -0.25) is 4.79 Å². The smallest absolute Gasteiger partial charge is 0.254 e. The fourth-order valence-electron chi connectivity index (χ4n) is 2.53. The zero-order valence-corrected chi connectivity index (χ0v) is 12.9. The van der Waals surface area contributed by atoms with Crippen LogP contribution in [0.5, 0.6) is 5.75 Å². The van der Waals surface area contributed by atoms with Crippen LogP contribution in [-0.2, 0) is 6.54 Å². The van der Waals surface area contributed by atoms with Crippen LogP contribution in [0.1, 0.15) is 21.5 Å². The summed E-state index contributed by atoms with van der Waals surface area (Å²) in [5, 5.41) is 0.596. The Morgan fingerprint density at radius 3 is 2.91 bits per heavy atom. The summed E-state index contributed by atoms with van der Waals surface area (Å²) < 4.78 is 19.1. The molecule has 0 radical (unpaired) electrons. The Morgan fingerprint density at radius 1 is 1.27 bits per heavy atom. The molecule has 1 aliphatic rings. The molecule has 1 amide bonds. The fraction of sp³-hybridized carbons (Fsp3) is 0.235. The molecule has 0 spiro atoms. The van der Waals surface area contributed by atoms with Gasteiger partial charge in [0.05, 0.1) is 6.54 Å². The quantitative estimate of drug-likeness (QED) is 0.799. The van der Waals surface area contributed by atoms with Crippen molar-refractivity contribution in [1.82, 2.24) is 4.90 Å². The summed E-state index contributed by atoms with van der Waals surface area (Å²) in [5.74, 6) is 0.118. The van der Waals surface area contributed by atoms with E-state index >= 15 is 0 Å². The summed E-state index contributed by atoms with van der Waals surface area (Å²) in [6.45, 7) is 3.03. The lowest BCUT2D eigenvalue weighted by Crippen LogP contribution is -2.33. The lowest BCUT2D eigenvalue weighted by atomic mass is 10.1. The monoisotopic (exact) mass is 319 g/mol. The van der Waals surface area contributed by atoms with Gasteiger partial charge in [-0.2, -0.15) is 0 Å². The van der Waals surface area contributed by atoms with Gasteiger partial charge in [0.15, 0.2) is 0 Å². The third kappa shape index (κ3) is 2.92. The standard InChI is InChI=1S/C17H15ClFNO2/c1-11-2-4-14(19)9-15(11)17(21)20-6-7-22-16-5-3-13(18)8-12(16)10-20/h2-5,8-9H,6-7,10H2,1H3. The van der Waals surface area contributed by atoms with Gasteiger partial charge in [0.1, 0.15) is 18.2 Å². The highest BCUT2D eigenvalue weighted by molar-refractivity contribution is 6.30. The molecule has 3 nitrogen and oxygen atoms in total. The van der Waals surface area contributed by atoms with E-state index in [4.69, 9.17) is 16.3 Å². The Bertz CT molecular complexity index is 733. The van der Waals surface area contributed by atoms with Gasteiger partial charge in [0, 0.05) is 22.7 Å². The number of ether oxygens (including phenoxy) is 1. The zero-order chi connectivity index (χ0) is 15.7. The number of hydrogen-bond donors (Lipinski definition) is 0. The molecule has 0 fully saturated rings. The maximum absolute atomic E-state index is 13.4. The van der Waals surface area contributed by atoms with Gasteiger partial charge in [0.25, 0.3) is 5.91 Å². The van der Waals surface area contributed by atoms with E-state index in [1.54, 1.807) is 36.1 Å². The summed E-state index contributed by atoms with van der Waals surface area (Å²) in [6.07, 6.45) is 0. The van der Waals surface area contributed by atoms with Gasteiger partial charge in [-0.25, -0.2) is 4.39 Å². The summed E-state index contributed by atoms with van der Waals surface area (Å²) in [6, 6.07) is 9.60. The first-order valence-electron chi connectivity index (χ1n) is 7.01. The summed E-state index contributed by atoms with van der Waals surface area (Å²) in [5.41, 5.74) is 1.99. The van der Waals surface area contributed by atoms with Crippen LogP contribution in [-0.4, -0.2) is 24.0 Å². The van der Waals surface area contributed by atoms with Gasteiger partial charge < -0.3 is 9.64 Å². The molecule has 0 atom stereocenters. The number of rotatable bonds is 1. The summed E-state index contributed by atoms with van der Waals surface area (Å²) >= 11 is 6.01. The van der Waals surface area contributed by atoms with Crippen LogP contribution < -0.4 is 4.74 Å². The number of fused-ring (bicyclic) bond motifs is 1. The molecule has 0 aliphatic carbocycles. The molecule has 1 heterocycles.